The van der Waals surface area contributed by atoms with Gasteiger partial charge in [0, 0.05) is 12.2 Å². The fraction of sp³-hybridized carbons (Fsp3) is 0.714. The predicted octanol–water partition coefficient (Wildman–Crippen LogP) is 1.64. The van der Waals surface area contributed by atoms with E-state index in [1.807, 2.05) is 0 Å². The Morgan fingerprint density at radius 1 is 1.44 bits per heavy atom. The van der Waals surface area contributed by atoms with Gasteiger partial charge in [0.25, 0.3) is 0 Å². The standard InChI is InChI=1S/C7H8F4O3S2/c1-2-16(13,14)5-3-4(7(9,10)11)6(8)15(5)12/h5H,2-3H2,1H3. The number of halogens is 4. The first-order valence-electron chi connectivity index (χ1n) is 4.19. The van der Waals surface area contributed by atoms with Crippen LogP contribution in [-0.4, -0.2) is 29.1 Å². The molecule has 1 aliphatic heterocycles. The Labute approximate surface area is 91.9 Å². The van der Waals surface area contributed by atoms with Crippen molar-refractivity contribution >= 4 is 20.6 Å². The molecule has 94 valence electrons. The second-order valence-electron chi connectivity index (χ2n) is 3.13. The third-order valence-electron chi connectivity index (χ3n) is 2.17. The Hall–Kier alpha value is -0.440. The predicted molar refractivity (Wildman–Crippen MR) is 50.2 cm³/mol. The fourth-order valence-corrected chi connectivity index (χ4v) is 4.74. The molecule has 0 N–H and O–H groups in total. The van der Waals surface area contributed by atoms with Gasteiger partial charge < -0.3 is 0 Å². The molecule has 2 unspecified atom stereocenters. The average Bonchev–Trinajstić information content (AvgIpc) is 2.44. The van der Waals surface area contributed by atoms with Crippen molar-refractivity contribution in [1.82, 2.24) is 0 Å². The lowest BCUT2D eigenvalue weighted by Crippen LogP contribution is -2.25. The van der Waals surface area contributed by atoms with Crippen LogP contribution in [0.25, 0.3) is 0 Å². The van der Waals surface area contributed by atoms with E-state index in [0.29, 0.717) is 0 Å². The van der Waals surface area contributed by atoms with Gasteiger partial charge >= 0.3 is 6.18 Å². The van der Waals surface area contributed by atoms with E-state index in [9.17, 15) is 30.2 Å². The summed E-state index contributed by atoms with van der Waals surface area (Å²) in [6.07, 6.45) is -6.05. The lowest BCUT2D eigenvalue weighted by atomic mass is 10.2. The minimum atomic E-state index is -4.97. The monoisotopic (exact) mass is 280 g/mol. The molecule has 0 saturated carbocycles. The van der Waals surface area contributed by atoms with Crippen molar-refractivity contribution in [3.05, 3.63) is 10.7 Å². The summed E-state index contributed by atoms with van der Waals surface area (Å²) in [5, 5.41) is -1.87. The van der Waals surface area contributed by atoms with Gasteiger partial charge in [-0.15, -0.1) is 0 Å². The highest BCUT2D eigenvalue weighted by Crippen LogP contribution is 2.41. The van der Waals surface area contributed by atoms with Crippen LogP contribution in [0.5, 0.6) is 0 Å². The second-order valence-corrected chi connectivity index (χ2v) is 7.43. The topological polar surface area (TPSA) is 51.2 Å². The smallest absolute Gasteiger partial charge is 0.251 e. The first-order chi connectivity index (χ1) is 7.11. The molecule has 1 heterocycles. The zero-order valence-electron chi connectivity index (χ0n) is 8.04. The van der Waals surface area contributed by atoms with E-state index >= 15 is 0 Å². The lowest BCUT2D eigenvalue weighted by molar-refractivity contribution is -0.0944. The van der Waals surface area contributed by atoms with Crippen molar-refractivity contribution < 1.29 is 30.2 Å². The van der Waals surface area contributed by atoms with Gasteiger partial charge in [-0.05, 0) is 0 Å². The van der Waals surface area contributed by atoms with Gasteiger partial charge in [-0.25, -0.2) is 8.42 Å². The van der Waals surface area contributed by atoms with Crippen LogP contribution >= 0.6 is 0 Å². The Bertz CT molecular complexity index is 449. The number of sulfone groups is 1. The summed E-state index contributed by atoms with van der Waals surface area (Å²) < 4.78 is 81.6. The van der Waals surface area contributed by atoms with Crippen LogP contribution in [0.15, 0.2) is 10.7 Å². The first-order valence-corrected chi connectivity index (χ1v) is 7.12. The van der Waals surface area contributed by atoms with Crippen LogP contribution < -0.4 is 0 Å². The van der Waals surface area contributed by atoms with Gasteiger partial charge in [-0.2, -0.15) is 17.6 Å². The van der Waals surface area contributed by atoms with Gasteiger partial charge in [0.1, 0.15) is 15.4 Å². The van der Waals surface area contributed by atoms with E-state index in [-0.39, 0.29) is 0 Å². The molecule has 0 fully saturated rings. The summed E-state index contributed by atoms with van der Waals surface area (Å²) in [6, 6.07) is 0. The molecule has 2 atom stereocenters. The highest BCUT2D eigenvalue weighted by molar-refractivity contribution is 8.08. The highest BCUT2D eigenvalue weighted by Gasteiger charge is 2.49. The van der Waals surface area contributed by atoms with Crippen LogP contribution in [0, 0.1) is 0 Å². The van der Waals surface area contributed by atoms with Gasteiger partial charge in [-0.1, -0.05) is 6.92 Å². The van der Waals surface area contributed by atoms with Crippen molar-refractivity contribution in [3.8, 4) is 0 Å². The number of hydrogen-bond donors (Lipinski definition) is 0. The summed E-state index contributed by atoms with van der Waals surface area (Å²) in [6.45, 7) is 1.20. The van der Waals surface area contributed by atoms with E-state index in [1.165, 1.54) is 6.92 Å². The van der Waals surface area contributed by atoms with E-state index in [1.54, 1.807) is 0 Å². The minimum absolute atomic E-state index is 0.470. The molecule has 1 rings (SSSR count). The van der Waals surface area contributed by atoms with Crippen LogP contribution in [0.3, 0.4) is 0 Å². The molecule has 1 aliphatic rings. The summed E-state index contributed by atoms with van der Waals surface area (Å²) in [7, 11) is -6.70. The molecule has 0 aromatic carbocycles. The molecule has 0 radical (unpaired) electrons. The average molecular weight is 280 g/mol. The summed E-state index contributed by atoms with van der Waals surface area (Å²) in [5.41, 5.74) is -1.63. The Balaban J connectivity index is 3.13. The fourth-order valence-electron chi connectivity index (χ4n) is 1.23. The number of hydrogen-bond acceptors (Lipinski definition) is 3. The largest absolute Gasteiger partial charge is 0.416 e. The molecule has 3 nitrogen and oxygen atoms in total. The maximum absolute atomic E-state index is 13.0. The second kappa shape index (κ2) is 4.10. The van der Waals surface area contributed by atoms with Crippen LogP contribution in [0.2, 0.25) is 0 Å². The number of rotatable bonds is 2. The Morgan fingerprint density at radius 2 is 1.94 bits per heavy atom. The van der Waals surface area contributed by atoms with Gasteiger partial charge in [0.05, 0.1) is 5.57 Å². The van der Waals surface area contributed by atoms with E-state index in [4.69, 9.17) is 0 Å². The number of alkyl halides is 3. The maximum atomic E-state index is 13.0. The Morgan fingerprint density at radius 3 is 2.25 bits per heavy atom. The van der Waals surface area contributed by atoms with Crippen molar-refractivity contribution in [2.45, 2.75) is 24.1 Å². The van der Waals surface area contributed by atoms with Gasteiger partial charge in [0.2, 0.25) is 0 Å². The molecule has 0 aromatic rings. The van der Waals surface area contributed by atoms with Gasteiger partial charge in [0.15, 0.2) is 15.0 Å². The SMILES string of the molecule is CCS(=O)(=O)C1CC(C(F)(F)F)=C(F)S1=O. The van der Waals surface area contributed by atoms with E-state index < -0.39 is 54.3 Å². The maximum Gasteiger partial charge on any atom is 0.416 e. The Kier molecular flexibility index (Phi) is 3.49. The van der Waals surface area contributed by atoms with Crippen LogP contribution in [-0.2, 0) is 20.6 Å². The molecular formula is C7H8F4O3S2. The highest BCUT2D eigenvalue weighted by atomic mass is 32.3. The third kappa shape index (κ3) is 2.29. The summed E-state index contributed by atoms with van der Waals surface area (Å²) in [5.74, 6) is -0.470. The lowest BCUT2D eigenvalue weighted by Gasteiger charge is -2.09. The zero-order valence-corrected chi connectivity index (χ0v) is 9.68. The minimum Gasteiger partial charge on any atom is -0.251 e. The molecule has 0 spiro atoms. The van der Waals surface area contributed by atoms with E-state index in [0.717, 1.165) is 0 Å². The molecule has 16 heavy (non-hydrogen) atoms. The summed E-state index contributed by atoms with van der Waals surface area (Å²) >= 11 is 0. The summed E-state index contributed by atoms with van der Waals surface area (Å²) in [4.78, 5) is 0. The third-order valence-corrected chi connectivity index (χ3v) is 6.59. The molecule has 0 aliphatic carbocycles. The van der Waals surface area contributed by atoms with Crippen molar-refractivity contribution in [2.75, 3.05) is 5.75 Å². The van der Waals surface area contributed by atoms with Crippen molar-refractivity contribution in [2.24, 2.45) is 0 Å². The molecule has 9 heteroatoms. The molecule has 0 aromatic heterocycles. The number of allylic oxidation sites excluding steroid dienone is 1. The normalized spacial score (nSPS) is 27.6. The zero-order chi connectivity index (χ0) is 12.7. The molecular weight excluding hydrogens is 272 g/mol. The molecule has 0 bridgehead atoms. The quantitative estimate of drug-likeness (QED) is 0.723. The molecule has 0 amide bonds. The van der Waals surface area contributed by atoms with Crippen LogP contribution in [0.1, 0.15) is 13.3 Å². The molecule has 0 saturated heterocycles. The van der Waals surface area contributed by atoms with Crippen molar-refractivity contribution in [1.29, 1.82) is 0 Å². The van der Waals surface area contributed by atoms with Gasteiger partial charge in [-0.3, -0.25) is 4.21 Å². The first kappa shape index (κ1) is 13.6. The van der Waals surface area contributed by atoms with Crippen LogP contribution in [0.4, 0.5) is 17.6 Å². The van der Waals surface area contributed by atoms with E-state index in [2.05, 4.69) is 0 Å². The van der Waals surface area contributed by atoms with Crippen molar-refractivity contribution in [3.63, 3.8) is 0 Å².